The molecule has 14 heavy (non-hydrogen) atoms. The van der Waals surface area contributed by atoms with Gasteiger partial charge in [-0.3, -0.25) is 0 Å². The molecule has 1 heterocycles. The molecule has 1 nitrogen and oxygen atoms in total. The van der Waals surface area contributed by atoms with Gasteiger partial charge in [-0.1, -0.05) is 24.3 Å². The van der Waals surface area contributed by atoms with E-state index in [0.717, 1.165) is 6.42 Å². The van der Waals surface area contributed by atoms with Crippen molar-refractivity contribution in [3.63, 3.8) is 0 Å². The van der Waals surface area contributed by atoms with Crippen molar-refractivity contribution in [1.29, 1.82) is 0 Å². The highest BCUT2D eigenvalue weighted by Gasteiger charge is 2.44. The number of fused-ring (bicyclic) bond motifs is 3. The number of benzene rings is 1. The topological polar surface area (TPSA) is 26.0 Å². The monoisotopic (exact) mass is 205 g/mol. The van der Waals surface area contributed by atoms with Gasteiger partial charge in [-0.2, -0.15) is 11.8 Å². The van der Waals surface area contributed by atoms with Crippen LogP contribution in [0.2, 0.25) is 0 Å². The molecule has 2 N–H and O–H groups in total. The molecule has 0 radical (unpaired) electrons. The lowest BCUT2D eigenvalue weighted by Gasteiger charge is -2.36. The van der Waals surface area contributed by atoms with Crippen LogP contribution in [0, 0.1) is 5.92 Å². The van der Waals surface area contributed by atoms with Crippen LogP contribution in [-0.2, 0) is 12.0 Å². The van der Waals surface area contributed by atoms with Gasteiger partial charge in [-0.25, -0.2) is 0 Å². The molecule has 74 valence electrons. The molecule has 0 bridgehead atoms. The van der Waals surface area contributed by atoms with E-state index < -0.39 is 0 Å². The van der Waals surface area contributed by atoms with Crippen molar-refractivity contribution < 1.29 is 0 Å². The van der Waals surface area contributed by atoms with Gasteiger partial charge in [-0.15, -0.1) is 0 Å². The molecule has 2 aliphatic rings. The predicted molar refractivity (Wildman–Crippen MR) is 61.4 cm³/mol. The van der Waals surface area contributed by atoms with Gasteiger partial charge in [0.15, 0.2) is 0 Å². The Bertz CT molecular complexity index is 363. The molecule has 0 spiro atoms. The first-order chi connectivity index (χ1) is 6.81. The van der Waals surface area contributed by atoms with Crippen molar-refractivity contribution in [2.24, 2.45) is 11.7 Å². The number of hydrogen-bond donors (Lipinski definition) is 1. The third-order valence-electron chi connectivity index (χ3n) is 3.69. The van der Waals surface area contributed by atoms with Crippen LogP contribution in [0.5, 0.6) is 0 Å². The van der Waals surface area contributed by atoms with Crippen LogP contribution in [0.1, 0.15) is 17.5 Å². The first-order valence-corrected chi connectivity index (χ1v) is 6.41. The molecule has 1 fully saturated rings. The Kier molecular flexibility index (Phi) is 1.89. The van der Waals surface area contributed by atoms with Crippen LogP contribution >= 0.6 is 11.8 Å². The van der Waals surface area contributed by atoms with Crippen molar-refractivity contribution in [2.45, 2.75) is 18.4 Å². The molecule has 1 saturated heterocycles. The van der Waals surface area contributed by atoms with E-state index in [1.165, 1.54) is 29.1 Å². The summed E-state index contributed by atoms with van der Waals surface area (Å²) in [4.78, 5) is 0. The van der Waals surface area contributed by atoms with Crippen LogP contribution in [0.3, 0.4) is 0 Å². The zero-order valence-electron chi connectivity index (χ0n) is 8.20. The van der Waals surface area contributed by atoms with Gasteiger partial charge in [0, 0.05) is 5.54 Å². The van der Waals surface area contributed by atoms with E-state index in [1.54, 1.807) is 0 Å². The summed E-state index contributed by atoms with van der Waals surface area (Å²) in [7, 11) is 0. The van der Waals surface area contributed by atoms with Gasteiger partial charge < -0.3 is 5.73 Å². The van der Waals surface area contributed by atoms with Crippen LogP contribution in [0.15, 0.2) is 24.3 Å². The number of rotatable bonds is 0. The van der Waals surface area contributed by atoms with Gasteiger partial charge in [0.25, 0.3) is 0 Å². The van der Waals surface area contributed by atoms with Crippen LogP contribution in [-0.4, -0.2) is 11.5 Å². The molecule has 0 unspecified atom stereocenters. The van der Waals surface area contributed by atoms with Crippen LogP contribution in [0.25, 0.3) is 0 Å². The summed E-state index contributed by atoms with van der Waals surface area (Å²) in [5.74, 6) is 3.14. The molecule has 1 aromatic carbocycles. The molecule has 1 aromatic rings. The molecule has 2 atom stereocenters. The Hall–Kier alpha value is -0.470. The third kappa shape index (κ3) is 1.07. The maximum Gasteiger partial charge on any atom is 0.0459 e. The van der Waals surface area contributed by atoms with Crippen molar-refractivity contribution in [3.05, 3.63) is 35.4 Å². The summed E-state index contributed by atoms with van der Waals surface area (Å²) >= 11 is 2.06. The Morgan fingerprint density at radius 1 is 1.36 bits per heavy atom. The van der Waals surface area contributed by atoms with Gasteiger partial charge >= 0.3 is 0 Å². The van der Waals surface area contributed by atoms with Gasteiger partial charge in [-0.05, 0) is 41.4 Å². The summed E-state index contributed by atoms with van der Waals surface area (Å²) in [6.45, 7) is 0. The van der Waals surface area contributed by atoms with Crippen molar-refractivity contribution in [3.8, 4) is 0 Å². The van der Waals surface area contributed by atoms with E-state index in [9.17, 15) is 0 Å². The largest absolute Gasteiger partial charge is 0.321 e. The van der Waals surface area contributed by atoms with E-state index in [4.69, 9.17) is 5.73 Å². The molecule has 2 heteroatoms. The van der Waals surface area contributed by atoms with E-state index >= 15 is 0 Å². The number of hydrogen-bond acceptors (Lipinski definition) is 2. The summed E-state index contributed by atoms with van der Waals surface area (Å²) in [5, 5.41) is 0. The normalized spacial score (nSPS) is 35.1. The van der Waals surface area contributed by atoms with Crippen molar-refractivity contribution >= 4 is 11.8 Å². The SMILES string of the molecule is N[C@@]12CCSC[C@@H]1Cc1ccccc12. The minimum atomic E-state index is 0.00183. The molecular weight excluding hydrogens is 190 g/mol. The lowest BCUT2D eigenvalue weighted by atomic mass is 9.83. The molecule has 0 amide bonds. The van der Waals surface area contributed by atoms with Crippen LogP contribution < -0.4 is 5.73 Å². The zero-order chi connectivity index (χ0) is 9.60. The highest BCUT2D eigenvalue weighted by molar-refractivity contribution is 7.99. The highest BCUT2D eigenvalue weighted by atomic mass is 32.2. The molecule has 0 aromatic heterocycles. The highest BCUT2D eigenvalue weighted by Crippen LogP contribution is 2.46. The Morgan fingerprint density at radius 3 is 3.14 bits per heavy atom. The summed E-state index contributed by atoms with van der Waals surface area (Å²) < 4.78 is 0. The molecule has 3 rings (SSSR count). The van der Waals surface area contributed by atoms with Gasteiger partial charge in [0.1, 0.15) is 0 Å². The van der Waals surface area contributed by atoms with Crippen LogP contribution in [0.4, 0.5) is 0 Å². The fourth-order valence-corrected chi connectivity index (χ4v) is 4.18. The second-order valence-corrected chi connectivity index (χ2v) is 5.57. The van der Waals surface area contributed by atoms with E-state index in [1.807, 2.05) is 0 Å². The maximum absolute atomic E-state index is 6.56. The minimum absolute atomic E-state index is 0.00183. The third-order valence-corrected chi connectivity index (χ3v) is 4.82. The Balaban J connectivity index is 2.10. The van der Waals surface area contributed by atoms with E-state index in [2.05, 4.69) is 36.0 Å². The van der Waals surface area contributed by atoms with E-state index in [-0.39, 0.29) is 5.54 Å². The van der Waals surface area contributed by atoms with Crippen molar-refractivity contribution in [2.75, 3.05) is 11.5 Å². The summed E-state index contributed by atoms with van der Waals surface area (Å²) in [6, 6.07) is 8.72. The number of nitrogens with two attached hydrogens (primary N) is 1. The first kappa shape index (κ1) is 8.81. The number of thioether (sulfide) groups is 1. The second kappa shape index (κ2) is 3.01. The fourth-order valence-electron chi connectivity index (χ4n) is 2.83. The first-order valence-electron chi connectivity index (χ1n) is 5.26. The summed E-state index contributed by atoms with van der Waals surface area (Å²) in [6.07, 6.45) is 2.35. The predicted octanol–water partition coefficient (Wildman–Crippen LogP) is 2.15. The van der Waals surface area contributed by atoms with Gasteiger partial charge in [0.05, 0.1) is 0 Å². The zero-order valence-corrected chi connectivity index (χ0v) is 9.02. The maximum atomic E-state index is 6.56. The van der Waals surface area contributed by atoms with E-state index in [0.29, 0.717) is 5.92 Å². The Labute approximate surface area is 89.1 Å². The molecular formula is C12H15NS. The minimum Gasteiger partial charge on any atom is -0.321 e. The fraction of sp³-hybridized carbons (Fsp3) is 0.500. The molecule has 1 aliphatic carbocycles. The second-order valence-electron chi connectivity index (χ2n) is 4.42. The average molecular weight is 205 g/mol. The molecule has 0 saturated carbocycles. The standard InChI is InChI=1S/C12H15NS/c13-12-5-6-14-8-10(12)7-9-3-1-2-4-11(9)12/h1-4,10H,5-8,13H2/t10-,12-/m0/s1. The lowest BCUT2D eigenvalue weighted by Crippen LogP contribution is -2.45. The van der Waals surface area contributed by atoms with Crippen molar-refractivity contribution in [1.82, 2.24) is 0 Å². The Morgan fingerprint density at radius 2 is 2.21 bits per heavy atom. The summed E-state index contributed by atoms with van der Waals surface area (Å²) in [5.41, 5.74) is 9.47. The quantitative estimate of drug-likeness (QED) is 0.702. The smallest absolute Gasteiger partial charge is 0.0459 e. The lowest BCUT2D eigenvalue weighted by molar-refractivity contribution is 0.313. The average Bonchev–Trinajstić information content (AvgIpc) is 2.51. The van der Waals surface area contributed by atoms with Gasteiger partial charge in [0.2, 0.25) is 0 Å². The molecule has 1 aliphatic heterocycles.